The fourth-order valence-electron chi connectivity index (χ4n) is 11.6. The van der Waals surface area contributed by atoms with E-state index in [9.17, 15) is 20.1 Å². The van der Waals surface area contributed by atoms with Gasteiger partial charge in [0, 0.05) is 0 Å². The minimum Gasteiger partial charge on any atom is -0.394 e. The Hall–Kier alpha value is -1.17. The molecule has 5 nitrogen and oxygen atoms in total. The first-order chi connectivity index (χ1) is 38.0. The molecule has 0 aromatic carbocycles. The van der Waals surface area contributed by atoms with E-state index < -0.39 is 18.2 Å². The van der Waals surface area contributed by atoms with Crippen molar-refractivity contribution in [1.29, 1.82) is 0 Å². The summed E-state index contributed by atoms with van der Waals surface area (Å²) in [6.07, 6.45) is 88.3. The monoisotopic (exact) mass is 1080 g/mol. The molecule has 77 heavy (non-hydrogen) atoms. The van der Waals surface area contributed by atoms with Gasteiger partial charge in [0.2, 0.25) is 5.91 Å². The average molecular weight is 1080 g/mol. The molecule has 0 aliphatic carbocycles. The third kappa shape index (κ3) is 63.9. The minimum absolute atomic E-state index is 0.0399. The van der Waals surface area contributed by atoms with Crippen LogP contribution in [0, 0.1) is 0 Å². The van der Waals surface area contributed by atoms with Crippen LogP contribution in [0.15, 0.2) is 24.3 Å². The van der Waals surface area contributed by atoms with E-state index in [0.717, 1.165) is 32.1 Å². The molecule has 0 spiro atoms. The van der Waals surface area contributed by atoms with Crippen LogP contribution >= 0.6 is 0 Å². The lowest BCUT2D eigenvalue weighted by Crippen LogP contribution is -2.46. The van der Waals surface area contributed by atoms with Gasteiger partial charge in [0.25, 0.3) is 0 Å². The second kappa shape index (κ2) is 67.3. The van der Waals surface area contributed by atoms with E-state index >= 15 is 0 Å². The predicted molar refractivity (Wildman–Crippen MR) is 342 cm³/mol. The van der Waals surface area contributed by atoms with Crippen LogP contribution in [0.5, 0.6) is 0 Å². The summed E-state index contributed by atoms with van der Waals surface area (Å²) in [5.41, 5.74) is 0. The lowest BCUT2D eigenvalue weighted by Gasteiger charge is -2.23. The Morgan fingerprint density at radius 1 is 0.325 bits per heavy atom. The van der Waals surface area contributed by atoms with Gasteiger partial charge in [0.1, 0.15) is 0 Å². The van der Waals surface area contributed by atoms with Crippen molar-refractivity contribution in [1.82, 2.24) is 5.32 Å². The molecule has 0 aliphatic heterocycles. The van der Waals surface area contributed by atoms with Gasteiger partial charge >= 0.3 is 0 Å². The fourth-order valence-corrected chi connectivity index (χ4v) is 11.6. The van der Waals surface area contributed by atoms with Crippen LogP contribution in [0.4, 0.5) is 0 Å². The van der Waals surface area contributed by atoms with E-state index in [-0.39, 0.29) is 18.9 Å². The number of carbonyl (C=O) groups excluding carboxylic acids is 1. The van der Waals surface area contributed by atoms with Gasteiger partial charge in [-0.05, 0) is 44.9 Å². The number of carbonyl (C=O) groups is 1. The predicted octanol–water partition coefficient (Wildman–Crippen LogP) is 23.1. The third-order valence-corrected chi connectivity index (χ3v) is 17.0. The van der Waals surface area contributed by atoms with Crippen LogP contribution in [0.1, 0.15) is 406 Å². The lowest BCUT2D eigenvalue weighted by atomic mass is 10.0. The topological polar surface area (TPSA) is 89.8 Å². The Kier molecular flexibility index (Phi) is 66.3. The maximum absolute atomic E-state index is 12.6. The van der Waals surface area contributed by atoms with Gasteiger partial charge < -0.3 is 20.6 Å². The number of amides is 1. The number of hydrogen-bond donors (Lipinski definition) is 4. The summed E-state index contributed by atoms with van der Waals surface area (Å²) < 4.78 is 0. The molecule has 0 fully saturated rings. The number of allylic oxidation sites excluding steroid dienone is 4. The number of nitrogens with one attached hydrogen (secondary N) is 1. The van der Waals surface area contributed by atoms with E-state index in [1.165, 1.54) is 340 Å². The first-order valence-corrected chi connectivity index (χ1v) is 35.6. The highest BCUT2D eigenvalue weighted by atomic mass is 16.3. The SMILES string of the molecule is CCCCCCCCCCCCCCCCC/C=C\C/C=C\CCCCCCCCCCCCCCCCCC(O)CC(=O)NC(CO)C(O)CCCCCCCCCCCCCCCCCCCCCCCCCCC. The van der Waals surface area contributed by atoms with E-state index in [1.54, 1.807) is 0 Å². The van der Waals surface area contributed by atoms with E-state index in [1.807, 2.05) is 0 Å². The molecule has 0 rings (SSSR count). The van der Waals surface area contributed by atoms with Crippen molar-refractivity contribution in [2.24, 2.45) is 0 Å². The first-order valence-electron chi connectivity index (χ1n) is 35.6. The number of hydrogen-bond acceptors (Lipinski definition) is 4. The zero-order valence-electron chi connectivity index (χ0n) is 52.6. The lowest BCUT2D eigenvalue weighted by molar-refractivity contribution is -0.125. The molecule has 0 radical (unpaired) electrons. The molecule has 0 saturated carbocycles. The molecular formula is C72H141NO4. The van der Waals surface area contributed by atoms with Crippen molar-refractivity contribution in [3.8, 4) is 0 Å². The molecule has 458 valence electrons. The van der Waals surface area contributed by atoms with Gasteiger partial charge in [-0.2, -0.15) is 0 Å². The summed E-state index contributed by atoms with van der Waals surface area (Å²) >= 11 is 0. The molecule has 0 aromatic heterocycles. The molecule has 0 saturated heterocycles. The summed E-state index contributed by atoms with van der Waals surface area (Å²) in [6.45, 7) is 4.32. The Morgan fingerprint density at radius 2 is 0.558 bits per heavy atom. The summed E-state index contributed by atoms with van der Waals surface area (Å²) in [4.78, 5) is 12.6. The molecule has 0 heterocycles. The molecule has 5 heteroatoms. The van der Waals surface area contributed by atoms with Gasteiger partial charge in [-0.1, -0.05) is 378 Å². The van der Waals surface area contributed by atoms with Crippen LogP contribution in [0.25, 0.3) is 0 Å². The van der Waals surface area contributed by atoms with Crippen molar-refractivity contribution in [3.05, 3.63) is 24.3 Å². The standard InChI is InChI=1S/C72H141NO4/c1-3-5-7-9-11-13-15-17-19-21-23-25-27-29-30-31-32-33-34-35-36-37-38-39-40-42-43-45-47-49-51-53-55-57-59-61-63-65-69(75)67-72(77)73-70(68-74)71(76)66-64-62-60-58-56-54-52-50-48-46-44-41-28-26-24-22-20-18-16-14-12-10-8-6-4-2/h32-33,35-36,69-71,74-76H,3-31,34,37-68H2,1-2H3,(H,73,77)/b33-32-,36-35-. The molecule has 0 aromatic rings. The van der Waals surface area contributed by atoms with Crippen LogP contribution in [0.3, 0.4) is 0 Å². The second-order valence-corrected chi connectivity index (χ2v) is 24.9. The third-order valence-electron chi connectivity index (χ3n) is 17.0. The average Bonchev–Trinajstić information content (AvgIpc) is 3.43. The molecule has 3 atom stereocenters. The molecule has 3 unspecified atom stereocenters. The second-order valence-electron chi connectivity index (χ2n) is 24.9. The Morgan fingerprint density at radius 3 is 0.818 bits per heavy atom. The highest BCUT2D eigenvalue weighted by Crippen LogP contribution is 2.20. The quantitative estimate of drug-likeness (QED) is 0.0361. The van der Waals surface area contributed by atoms with Crippen molar-refractivity contribution in [2.45, 2.75) is 424 Å². The fraction of sp³-hybridized carbons (Fsp3) is 0.931. The number of aliphatic hydroxyl groups is 3. The summed E-state index contributed by atoms with van der Waals surface area (Å²) in [5, 5.41) is 33.8. The highest BCUT2D eigenvalue weighted by Gasteiger charge is 2.21. The Labute approximate surface area is 483 Å². The molecule has 4 N–H and O–H groups in total. The largest absolute Gasteiger partial charge is 0.394 e. The maximum atomic E-state index is 12.6. The number of rotatable bonds is 67. The van der Waals surface area contributed by atoms with Crippen LogP contribution in [-0.4, -0.2) is 46.1 Å². The molecule has 1 amide bonds. The summed E-state index contributed by atoms with van der Waals surface area (Å²) in [6, 6.07) is -0.659. The van der Waals surface area contributed by atoms with Gasteiger partial charge in [-0.25, -0.2) is 0 Å². The minimum atomic E-state index is -0.750. The van der Waals surface area contributed by atoms with E-state index in [4.69, 9.17) is 0 Å². The summed E-state index contributed by atoms with van der Waals surface area (Å²) in [5.74, 6) is -0.275. The van der Waals surface area contributed by atoms with Crippen LogP contribution in [-0.2, 0) is 4.79 Å². The van der Waals surface area contributed by atoms with E-state index in [0.29, 0.717) is 12.8 Å². The number of unbranched alkanes of at least 4 members (excludes halogenated alkanes) is 54. The maximum Gasteiger partial charge on any atom is 0.222 e. The van der Waals surface area contributed by atoms with Gasteiger partial charge in [-0.15, -0.1) is 0 Å². The van der Waals surface area contributed by atoms with Crippen molar-refractivity contribution >= 4 is 5.91 Å². The van der Waals surface area contributed by atoms with Crippen molar-refractivity contribution < 1.29 is 20.1 Å². The summed E-state index contributed by atoms with van der Waals surface area (Å²) in [7, 11) is 0. The zero-order chi connectivity index (χ0) is 55.7. The highest BCUT2D eigenvalue weighted by molar-refractivity contribution is 5.76. The van der Waals surface area contributed by atoms with Gasteiger partial charge in [0.05, 0.1) is 31.3 Å². The zero-order valence-corrected chi connectivity index (χ0v) is 52.6. The van der Waals surface area contributed by atoms with Crippen LogP contribution < -0.4 is 5.32 Å². The van der Waals surface area contributed by atoms with Gasteiger partial charge in [0.15, 0.2) is 0 Å². The smallest absolute Gasteiger partial charge is 0.222 e. The van der Waals surface area contributed by atoms with Gasteiger partial charge in [-0.3, -0.25) is 4.79 Å². The van der Waals surface area contributed by atoms with E-state index in [2.05, 4.69) is 43.5 Å². The Balaban J connectivity index is 3.46. The molecule has 0 aliphatic rings. The molecule has 0 bridgehead atoms. The van der Waals surface area contributed by atoms with Crippen molar-refractivity contribution in [3.63, 3.8) is 0 Å². The normalized spacial score (nSPS) is 13.2. The first kappa shape index (κ1) is 75.8. The molecular weight excluding hydrogens is 943 g/mol. The number of aliphatic hydroxyl groups excluding tert-OH is 3. The van der Waals surface area contributed by atoms with Crippen LogP contribution in [0.2, 0.25) is 0 Å². The van der Waals surface area contributed by atoms with Crippen molar-refractivity contribution in [2.75, 3.05) is 6.61 Å². The Bertz CT molecular complexity index is 1160.